The van der Waals surface area contributed by atoms with Crippen molar-refractivity contribution in [3.8, 4) is 0 Å². The Morgan fingerprint density at radius 1 is 1.26 bits per heavy atom. The quantitative estimate of drug-likeness (QED) is 0.926. The van der Waals surface area contributed by atoms with Crippen LogP contribution in [0, 0.1) is 0 Å². The lowest BCUT2D eigenvalue weighted by Gasteiger charge is -2.37. The van der Waals surface area contributed by atoms with Crippen molar-refractivity contribution in [3.05, 3.63) is 34.3 Å². The van der Waals surface area contributed by atoms with E-state index in [1.807, 2.05) is 0 Å². The van der Waals surface area contributed by atoms with Gasteiger partial charge >= 0.3 is 0 Å². The van der Waals surface area contributed by atoms with Gasteiger partial charge in [0, 0.05) is 36.7 Å². The molecular formula is C15H20BrNO2. The van der Waals surface area contributed by atoms with E-state index in [0.717, 1.165) is 50.1 Å². The molecule has 4 heteroatoms. The van der Waals surface area contributed by atoms with Gasteiger partial charge in [0.15, 0.2) is 0 Å². The van der Waals surface area contributed by atoms with E-state index in [1.165, 1.54) is 5.56 Å². The zero-order chi connectivity index (χ0) is 13.1. The van der Waals surface area contributed by atoms with E-state index in [-0.39, 0.29) is 5.60 Å². The van der Waals surface area contributed by atoms with Crippen LogP contribution in [0.15, 0.2) is 28.7 Å². The van der Waals surface area contributed by atoms with Gasteiger partial charge in [-0.15, -0.1) is 0 Å². The highest BCUT2D eigenvalue weighted by molar-refractivity contribution is 9.10. The molecule has 2 aliphatic rings. The van der Waals surface area contributed by atoms with Gasteiger partial charge in [0.2, 0.25) is 0 Å². The van der Waals surface area contributed by atoms with Gasteiger partial charge in [-0.2, -0.15) is 0 Å². The second kappa shape index (κ2) is 5.92. The normalized spacial score (nSPS) is 30.9. The molecule has 2 saturated heterocycles. The predicted octanol–water partition coefficient (Wildman–Crippen LogP) is 2.88. The van der Waals surface area contributed by atoms with Gasteiger partial charge in [0.1, 0.15) is 0 Å². The molecule has 0 aromatic heterocycles. The fraction of sp³-hybridized carbons (Fsp3) is 0.600. The van der Waals surface area contributed by atoms with Crippen LogP contribution in [0.2, 0.25) is 0 Å². The lowest BCUT2D eigenvalue weighted by Crippen LogP contribution is -2.47. The second-order valence-corrected chi connectivity index (χ2v) is 6.45. The summed E-state index contributed by atoms with van der Waals surface area (Å²) in [6.45, 7) is 3.39. The first-order valence-corrected chi connectivity index (χ1v) is 7.75. The molecule has 0 amide bonds. The molecule has 2 atom stereocenters. The molecule has 104 valence electrons. The monoisotopic (exact) mass is 325 g/mol. The molecule has 2 heterocycles. The molecule has 1 aromatic carbocycles. The van der Waals surface area contributed by atoms with Crippen LogP contribution >= 0.6 is 15.9 Å². The van der Waals surface area contributed by atoms with E-state index in [2.05, 4.69) is 45.5 Å². The van der Waals surface area contributed by atoms with Crippen LogP contribution in [-0.2, 0) is 16.0 Å². The average Bonchev–Trinajstić information content (AvgIpc) is 2.86. The summed E-state index contributed by atoms with van der Waals surface area (Å²) in [6, 6.07) is 9.04. The molecule has 0 radical (unpaired) electrons. The maximum absolute atomic E-state index is 5.95. The standard InChI is InChI=1S/C15H20BrNO2/c16-13-3-1-12(2-4-13)10-17-14-5-7-19-15(9-14)6-8-18-11-15/h1-4,14,17H,5-11H2. The summed E-state index contributed by atoms with van der Waals surface area (Å²) in [4.78, 5) is 0. The number of hydrogen-bond donors (Lipinski definition) is 1. The minimum Gasteiger partial charge on any atom is -0.378 e. The van der Waals surface area contributed by atoms with Crippen molar-refractivity contribution in [1.29, 1.82) is 0 Å². The van der Waals surface area contributed by atoms with Gasteiger partial charge in [0.25, 0.3) is 0 Å². The Morgan fingerprint density at radius 2 is 2.11 bits per heavy atom. The van der Waals surface area contributed by atoms with Gasteiger partial charge in [-0.3, -0.25) is 0 Å². The Kier molecular flexibility index (Phi) is 4.22. The third-order valence-electron chi connectivity index (χ3n) is 4.07. The first kappa shape index (κ1) is 13.6. The molecule has 1 aromatic rings. The SMILES string of the molecule is Brc1ccc(CNC2CCOC3(CCOC3)C2)cc1. The highest BCUT2D eigenvalue weighted by atomic mass is 79.9. The van der Waals surface area contributed by atoms with E-state index < -0.39 is 0 Å². The molecule has 1 N–H and O–H groups in total. The Morgan fingerprint density at radius 3 is 2.84 bits per heavy atom. The number of benzene rings is 1. The van der Waals surface area contributed by atoms with Crippen molar-refractivity contribution >= 4 is 15.9 Å². The molecular weight excluding hydrogens is 306 g/mol. The zero-order valence-electron chi connectivity index (χ0n) is 11.0. The Bertz CT molecular complexity index is 415. The Hall–Kier alpha value is -0.420. The summed E-state index contributed by atoms with van der Waals surface area (Å²) in [5.41, 5.74) is 1.32. The summed E-state index contributed by atoms with van der Waals surface area (Å²) in [7, 11) is 0. The maximum Gasteiger partial charge on any atom is 0.0951 e. The van der Waals surface area contributed by atoms with E-state index >= 15 is 0 Å². The summed E-state index contributed by atoms with van der Waals surface area (Å²) in [6.07, 6.45) is 3.21. The molecule has 2 aliphatic heterocycles. The molecule has 0 bridgehead atoms. The minimum absolute atomic E-state index is 0.00433. The van der Waals surface area contributed by atoms with Crippen LogP contribution in [0.25, 0.3) is 0 Å². The Labute approximate surface area is 122 Å². The molecule has 3 nitrogen and oxygen atoms in total. The smallest absolute Gasteiger partial charge is 0.0951 e. The van der Waals surface area contributed by atoms with Crippen molar-refractivity contribution < 1.29 is 9.47 Å². The highest BCUT2D eigenvalue weighted by Gasteiger charge is 2.40. The minimum atomic E-state index is -0.00433. The third kappa shape index (κ3) is 3.37. The molecule has 2 unspecified atom stereocenters. The van der Waals surface area contributed by atoms with Crippen molar-refractivity contribution in [2.75, 3.05) is 19.8 Å². The van der Waals surface area contributed by atoms with Gasteiger partial charge in [-0.05, 0) is 30.5 Å². The predicted molar refractivity (Wildman–Crippen MR) is 78.1 cm³/mol. The fourth-order valence-electron chi connectivity index (χ4n) is 2.93. The Balaban J connectivity index is 1.53. The topological polar surface area (TPSA) is 30.5 Å². The van der Waals surface area contributed by atoms with Crippen LogP contribution in [0.3, 0.4) is 0 Å². The number of halogens is 1. The average molecular weight is 326 g/mol. The van der Waals surface area contributed by atoms with Crippen LogP contribution in [0.1, 0.15) is 24.8 Å². The number of nitrogens with one attached hydrogen (secondary N) is 1. The first-order valence-electron chi connectivity index (χ1n) is 6.95. The van der Waals surface area contributed by atoms with Gasteiger partial charge in [-0.1, -0.05) is 28.1 Å². The van der Waals surface area contributed by atoms with Crippen molar-refractivity contribution in [1.82, 2.24) is 5.32 Å². The molecule has 0 saturated carbocycles. The van der Waals surface area contributed by atoms with E-state index in [0.29, 0.717) is 6.04 Å². The fourth-order valence-corrected chi connectivity index (χ4v) is 3.19. The first-order chi connectivity index (χ1) is 9.26. The molecule has 19 heavy (non-hydrogen) atoms. The zero-order valence-corrected chi connectivity index (χ0v) is 12.6. The summed E-state index contributed by atoms with van der Waals surface area (Å²) in [5.74, 6) is 0. The van der Waals surface area contributed by atoms with E-state index in [4.69, 9.17) is 9.47 Å². The molecule has 0 aliphatic carbocycles. The molecule has 1 spiro atoms. The lowest BCUT2D eigenvalue weighted by atomic mass is 9.89. The third-order valence-corrected chi connectivity index (χ3v) is 4.60. The second-order valence-electron chi connectivity index (χ2n) is 5.53. The van der Waals surface area contributed by atoms with Crippen LogP contribution in [0.5, 0.6) is 0 Å². The van der Waals surface area contributed by atoms with E-state index in [1.54, 1.807) is 0 Å². The van der Waals surface area contributed by atoms with E-state index in [9.17, 15) is 0 Å². The lowest BCUT2D eigenvalue weighted by molar-refractivity contribution is -0.0894. The van der Waals surface area contributed by atoms with Crippen LogP contribution < -0.4 is 5.32 Å². The van der Waals surface area contributed by atoms with Gasteiger partial charge < -0.3 is 14.8 Å². The number of hydrogen-bond acceptors (Lipinski definition) is 3. The number of ether oxygens (including phenoxy) is 2. The van der Waals surface area contributed by atoms with Crippen LogP contribution in [-0.4, -0.2) is 31.5 Å². The van der Waals surface area contributed by atoms with Crippen molar-refractivity contribution in [2.45, 2.75) is 37.5 Å². The van der Waals surface area contributed by atoms with Gasteiger partial charge in [0.05, 0.1) is 12.2 Å². The van der Waals surface area contributed by atoms with Crippen molar-refractivity contribution in [2.24, 2.45) is 0 Å². The summed E-state index contributed by atoms with van der Waals surface area (Å²) in [5, 5.41) is 3.66. The largest absolute Gasteiger partial charge is 0.378 e. The van der Waals surface area contributed by atoms with Crippen molar-refractivity contribution in [3.63, 3.8) is 0 Å². The highest BCUT2D eigenvalue weighted by Crippen LogP contribution is 2.32. The number of rotatable bonds is 3. The van der Waals surface area contributed by atoms with Gasteiger partial charge in [-0.25, -0.2) is 0 Å². The molecule has 3 rings (SSSR count). The van der Waals surface area contributed by atoms with Crippen LogP contribution in [0.4, 0.5) is 0 Å². The maximum atomic E-state index is 5.95. The summed E-state index contributed by atoms with van der Waals surface area (Å²) >= 11 is 3.46. The molecule has 2 fully saturated rings. The summed E-state index contributed by atoms with van der Waals surface area (Å²) < 4.78 is 12.6.